The Morgan fingerprint density at radius 3 is 1.65 bits per heavy atom. The third-order valence-corrected chi connectivity index (χ3v) is 22.7. The Labute approximate surface area is 650 Å². The van der Waals surface area contributed by atoms with Gasteiger partial charge in [-0.3, -0.25) is 33.6 Å². The summed E-state index contributed by atoms with van der Waals surface area (Å²) in [5.74, 6) is -11.6. The molecular formula is C87H147NO20. The van der Waals surface area contributed by atoms with Crippen molar-refractivity contribution in [2.45, 2.75) is 393 Å². The van der Waals surface area contributed by atoms with Crippen LogP contribution in [0.25, 0.3) is 0 Å². The lowest BCUT2D eigenvalue weighted by Gasteiger charge is -2.47. The van der Waals surface area contributed by atoms with Crippen LogP contribution >= 0.6 is 0 Å². The van der Waals surface area contributed by atoms with E-state index < -0.39 is 132 Å². The summed E-state index contributed by atoms with van der Waals surface area (Å²) >= 11 is 0. The van der Waals surface area contributed by atoms with Gasteiger partial charge in [-0.25, -0.2) is 4.79 Å². The van der Waals surface area contributed by atoms with Gasteiger partial charge in [0.1, 0.15) is 37.2 Å². The molecule has 3 heterocycles. The van der Waals surface area contributed by atoms with Crippen LogP contribution in [-0.2, 0) is 85.7 Å². The number of aliphatic hydroxyl groups is 2. The fourth-order valence-electron chi connectivity index (χ4n) is 16.2. The van der Waals surface area contributed by atoms with Crippen molar-refractivity contribution >= 4 is 47.3 Å². The molecule has 4 aliphatic rings. The van der Waals surface area contributed by atoms with Crippen molar-refractivity contribution in [3.05, 3.63) is 36.0 Å². The van der Waals surface area contributed by atoms with Gasteiger partial charge in [-0.1, -0.05) is 219 Å². The minimum absolute atomic E-state index is 0.00292. The fourth-order valence-corrected chi connectivity index (χ4v) is 16.2. The number of ketones is 2. The first-order valence-corrected chi connectivity index (χ1v) is 42.4. The van der Waals surface area contributed by atoms with E-state index in [2.05, 4.69) is 20.4 Å². The Morgan fingerprint density at radius 1 is 0.639 bits per heavy atom. The highest BCUT2D eigenvalue weighted by molar-refractivity contribution is 6.39. The minimum atomic E-state index is -2.61. The molecule has 0 aromatic carbocycles. The van der Waals surface area contributed by atoms with Crippen LogP contribution in [-0.4, -0.2) is 170 Å². The average Bonchev–Trinajstić information content (AvgIpc) is 0.777. The Morgan fingerprint density at radius 2 is 1.14 bits per heavy atom. The number of allylic oxidation sites excluding steroid dienone is 4. The van der Waals surface area contributed by atoms with Crippen LogP contribution in [0.3, 0.4) is 0 Å². The van der Waals surface area contributed by atoms with Gasteiger partial charge in [0.05, 0.1) is 30.5 Å². The number of cyclic esters (lactones) is 1. The van der Waals surface area contributed by atoms with Crippen molar-refractivity contribution in [1.29, 1.82) is 0 Å². The maximum absolute atomic E-state index is 15.1. The zero-order chi connectivity index (χ0) is 79.4. The molecule has 3 fully saturated rings. The number of aliphatic hydroxyl groups excluding tert-OH is 1. The highest BCUT2D eigenvalue weighted by Crippen LogP contribution is 2.40. The van der Waals surface area contributed by atoms with E-state index in [1.807, 2.05) is 26.0 Å². The van der Waals surface area contributed by atoms with Crippen molar-refractivity contribution < 1.29 is 95.9 Å². The van der Waals surface area contributed by atoms with Gasteiger partial charge in [0.25, 0.3) is 11.7 Å². The van der Waals surface area contributed by atoms with Crippen LogP contribution in [0.2, 0.25) is 0 Å². The van der Waals surface area contributed by atoms with Crippen LogP contribution in [0.1, 0.15) is 326 Å². The Balaban J connectivity index is 1.55. The van der Waals surface area contributed by atoms with Gasteiger partial charge in [-0.2, -0.15) is 0 Å². The highest BCUT2D eigenvalue weighted by Gasteiger charge is 2.57. The molecule has 0 spiro atoms. The van der Waals surface area contributed by atoms with Gasteiger partial charge in [-0.15, -0.1) is 6.58 Å². The van der Waals surface area contributed by atoms with Crippen molar-refractivity contribution in [2.24, 2.45) is 35.5 Å². The summed E-state index contributed by atoms with van der Waals surface area (Å²) in [6.45, 7) is 20.2. The molecule has 108 heavy (non-hydrogen) atoms. The van der Waals surface area contributed by atoms with Gasteiger partial charge in [0.15, 0.2) is 12.4 Å². The zero-order valence-electron chi connectivity index (χ0n) is 69.0. The number of piperidine rings is 1. The minimum Gasteiger partial charge on any atom is -0.462 e. The normalized spacial score (nSPS) is 27.7. The molecule has 2 N–H and O–H groups in total. The van der Waals surface area contributed by atoms with Crippen molar-refractivity contribution in [3.8, 4) is 0 Å². The van der Waals surface area contributed by atoms with Crippen LogP contribution < -0.4 is 0 Å². The lowest BCUT2D eigenvalue weighted by molar-refractivity contribution is -0.302. The Kier molecular flexibility index (Phi) is 47.7. The molecule has 2 unspecified atom stereocenters. The monoisotopic (exact) mass is 1530 g/mol. The van der Waals surface area contributed by atoms with Gasteiger partial charge in [0, 0.05) is 77.7 Å². The first-order valence-electron chi connectivity index (χ1n) is 42.4. The number of rotatable bonds is 47. The number of methoxy groups -OCH3 is 3. The maximum Gasteiger partial charge on any atom is 0.329 e. The van der Waals surface area contributed by atoms with E-state index in [9.17, 15) is 39.0 Å². The van der Waals surface area contributed by atoms with Gasteiger partial charge in [-0.05, 0) is 121 Å². The zero-order valence-corrected chi connectivity index (χ0v) is 69.0. The smallest absolute Gasteiger partial charge is 0.329 e. The molecular weight excluding hydrogens is 1380 g/mol. The number of ether oxygens (including phenoxy) is 10. The summed E-state index contributed by atoms with van der Waals surface area (Å²) in [6.07, 6.45) is 31.4. The van der Waals surface area contributed by atoms with Crippen LogP contribution in [0, 0.1) is 35.5 Å². The van der Waals surface area contributed by atoms with Crippen LogP contribution in [0.4, 0.5) is 0 Å². The topological polar surface area (TPSA) is 273 Å². The molecule has 4 rings (SSSR count). The predicted octanol–water partition coefficient (Wildman–Crippen LogP) is 16.9. The summed E-state index contributed by atoms with van der Waals surface area (Å²) < 4.78 is 60.4. The van der Waals surface area contributed by atoms with Gasteiger partial charge < -0.3 is 62.5 Å². The van der Waals surface area contributed by atoms with E-state index in [1.54, 1.807) is 40.9 Å². The van der Waals surface area contributed by atoms with Crippen molar-refractivity contribution in [3.63, 3.8) is 0 Å². The SMILES string of the molecule is C=CC[C@@H]1/C=C(\C)C[C@H](C)C[C@H](OC)[C@H]2O[C@@](O)(C(=O)C(=O)N3CCCC[C@H]3C(=O)O[C@H](/C(C)=C/[C@@H]3CC[C@@H](O)[C@H](OC)C3)[C@H](C)[C@@H](OC(C)OC(=O)CC(C)CC(=O)OC(COC(=O)CCCCCCCCCCCCCCC)COC(=O)CCCCCCCCCCCCCCC)CC1=O)[C@H](C)C[C@@H]2OC. The lowest BCUT2D eigenvalue weighted by Crippen LogP contribution is -2.64. The second-order valence-electron chi connectivity index (χ2n) is 32.4. The third kappa shape index (κ3) is 35.4. The molecule has 0 aromatic heterocycles. The molecule has 2 saturated heterocycles. The lowest BCUT2D eigenvalue weighted by atomic mass is 9.81. The number of hydrogen-bond acceptors (Lipinski definition) is 20. The number of hydrogen-bond donors (Lipinski definition) is 2. The Bertz CT molecular complexity index is 2650. The number of carbonyl (C=O) groups excluding carboxylic acids is 8. The largest absolute Gasteiger partial charge is 0.462 e. The number of nitrogens with zero attached hydrogens (tertiary/aromatic N) is 1. The number of fused-ring (bicyclic) bond motifs is 3. The molecule has 1 amide bonds. The number of esters is 5. The van der Waals surface area contributed by atoms with Gasteiger partial charge in [0.2, 0.25) is 5.79 Å². The number of Topliss-reactive ketones (excluding diaryl/α,β-unsaturated/α-hetero) is 2. The molecule has 0 radical (unpaired) electrons. The molecule has 3 aliphatic heterocycles. The van der Waals surface area contributed by atoms with E-state index in [1.165, 1.54) is 137 Å². The predicted molar refractivity (Wildman–Crippen MR) is 418 cm³/mol. The molecule has 1 aliphatic carbocycles. The van der Waals surface area contributed by atoms with E-state index >= 15 is 9.59 Å². The number of unbranched alkanes of at least 4 members (excludes halogenated alkanes) is 24. The fraction of sp³-hybridized carbons (Fsp3) is 0.839. The molecule has 0 aromatic rings. The summed E-state index contributed by atoms with van der Waals surface area (Å²) in [4.78, 5) is 115. The van der Waals surface area contributed by atoms with Crippen LogP contribution in [0.5, 0.6) is 0 Å². The number of carbonyl (C=O) groups is 8. The standard InChI is InChI=1S/C87H147NO20/c1-14-17-19-21-23-25-27-29-31-33-35-37-39-45-78(91)102-59-70(60-103-79(92)46-40-38-36-34-32-30-28-26-24-22-20-18-15-2)106-81(94)54-63(6)53-80(93)105-67(10)104-74-58-73(90)69(43-16-3)51-61(4)50-62(5)52-76(100-12)83-77(101-13)56-65(8)87(98,108-83)84(95)85(96)88-49-42-41-44-71(88)86(97)107-82(66(74)9)64(7)55-68-47-48-72(89)75(57-68)99-11/h16,51,55,62-63,65-72,74-77,82-83,89,98H,3,14-15,17-50,52-54,56-60H2,1-2,4-13H3/b61-51+,64-55+/t62-,63?,65+,66+,67?,68-,69+,71-,72+,74-,75+,76-,77-,82+,83+,87+/m0/s1. The molecule has 620 valence electrons. The summed E-state index contributed by atoms with van der Waals surface area (Å²) in [7, 11) is 4.57. The molecule has 2 bridgehead atoms. The Hall–Kier alpha value is -4.90. The van der Waals surface area contributed by atoms with E-state index in [0.29, 0.717) is 63.4 Å². The molecule has 16 atom stereocenters. The quantitative estimate of drug-likeness (QED) is 0.0143. The maximum atomic E-state index is 15.1. The first-order chi connectivity index (χ1) is 51.8. The summed E-state index contributed by atoms with van der Waals surface area (Å²) in [5.41, 5.74) is 1.46. The summed E-state index contributed by atoms with van der Waals surface area (Å²) in [5, 5.41) is 23.2. The molecule has 21 nitrogen and oxygen atoms in total. The second kappa shape index (κ2) is 53.9. The van der Waals surface area contributed by atoms with Crippen molar-refractivity contribution in [1.82, 2.24) is 4.90 Å². The van der Waals surface area contributed by atoms with Gasteiger partial charge >= 0.3 is 29.8 Å². The first kappa shape index (κ1) is 95.5. The van der Waals surface area contributed by atoms with Crippen LogP contribution in [0.15, 0.2) is 36.0 Å². The van der Waals surface area contributed by atoms with E-state index in [4.69, 9.17) is 47.4 Å². The molecule has 1 saturated carbocycles. The van der Waals surface area contributed by atoms with E-state index in [-0.39, 0.29) is 88.7 Å². The average molecular weight is 1530 g/mol. The third-order valence-electron chi connectivity index (χ3n) is 22.7. The second-order valence-corrected chi connectivity index (χ2v) is 32.4. The van der Waals surface area contributed by atoms with Crippen molar-refractivity contribution in [2.75, 3.05) is 41.1 Å². The summed E-state index contributed by atoms with van der Waals surface area (Å²) in [6, 6.07) is -1.27. The molecule has 21 heteroatoms. The number of amides is 1. The highest BCUT2D eigenvalue weighted by atomic mass is 16.7. The van der Waals surface area contributed by atoms with E-state index in [0.717, 1.165) is 49.0 Å².